The Balaban J connectivity index is 2.07. The van der Waals surface area contributed by atoms with Crippen LogP contribution in [0.25, 0.3) is 0 Å². The summed E-state index contributed by atoms with van der Waals surface area (Å²) in [5.41, 5.74) is -0.449. The van der Waals surface area contributed by atoms with Crippen LogP contribution in [0.2, 0.25) is 0 Å². The molecule has 0 spiro atoms. The number of rotatable bonds is 5. The molecule has 1 aliphatic carbocycles. The highest BCUT2D eigenvalue weighted by molar-refractivity contribution is 5.81. The first kappa shape index (κ1) is 16.8. The van der Waals surface area contributed by atoms with E-state index in [1.54, 1.807) is 0 Å². The Labute approximate surface area is 129 Å². The van der Waals surface area contributed by atoms with Gasteiger partial charge in [0.2, 0.25) is 0 Å². The average Bonchev–Trinajstić information content (AvgIpc) is 2.88. The van der Waals surface area contributed by atoms with Crippen LogP contribution in [0.5, 0.6) is 0 Å². The maximum atomic E-state index is 12.4. The van der Waals surface area contributed by atoms with Crippen LogP contribution in [0.3, 0.4) is 0 Å². The second-order valence-corrected chi connectivity index (χ2v) is 6.83. The molecule has 4 atom stereocenters. The fourth-order valence-electron chi connectivity index (χ4n) is 4.21. The molecule has 1 saturated carbocycles. The van der Waals surface area contributed by atoms with Gasteiger partial charge in [-0.15, -0.1) is 0 Å². The molecule has 0 aromatic carbocycles. The van der Waals surface area contributed by atoms with E-state index in [1.807, 2.05) is 6.92 Å². The van der Waals surface area contributed by atoms with Crippen molar-refractivity contribution >= 4 is 5.97 Å². The number of hydrogen-bond donors (Lipinski definition) is 1. The standard InChI is InChI=1S/C17H32N2O2/c1-5-18-17(16(20)21-6-2)10-9-15(12-17)19-11-7-8-13(3)14(19)4/h13-15,18H,5-12H2,1-4H3. The summed E-state index contributed by atoms with van der Waals surface area (Å²) in [6.07, 6.45) is 5.53. The number of nitrogens with one attached hydrogen (secondary N) is 1. The van der Waals surface area contributed by atoms with Gasteiger partial charge >= 0.3 is 5.97 Å². The predicted octanol–water partition coefficient (Wildman–Crippen LogP) is 2.57. The molecule has 1 saturated heterocycles. The molecule has 4 unspecified atom stereocenters. The molecule has 0 bridgehead atoms. The second-order valence-electron chi connectivity index (χ2n) is 6.83. The molecule has 0 aromatic heterocycles. The smallest absolute Gasteiger partial charge is 0.326 e. The predicted molar refractivity (Wildman–Crippen MR) is 85.2 cm³/mol. The minimum Gasteiger partial charge on any atom is -0.465 e. The fourth-order valence-corrected chi connectivity index (χ4v) is 4.21. The minimum absolute atomic E-state index is 0.0490. The molecule has 2 fully saturated rings. The fraction of sp³-hybridized carbons (Fsp3) is 0.941. The molecule has 0 radical (unpaired) electrons. The van der Waals surface area contributed by atoms with E-state index < -0.39 is 5.54 Å². The maximum Gasteiger partial charge on any atom is 0.326 e. The summed E-state index contributed by atoms with van der Waals surface area (Å²) in [4.78, 5) is 15.1. The zero-order chi connectivity index (χ0) is 15.5. The Morgan fingerprint density at radius 2 is 2.10 bits per heavy atom. The number of carbonyl (C=O) groups is 1. The summed E-state index contributed by atoms with van der Waals surface area (Å²) >= 11 is 0. The normalized spacial score (nSPS) is 37.6. The highest BCUT2D eigenvalue weighted by atomic mass is 16.5. The molecule has 4 nitrogen and oxygen atoms in total. The van der Waals surface area contributed by atoms with E-state index in [-0.39, 0.29) is 5.97 Å². The van der Waals surface area contributed by atoms with E-state index in [4.69, 9.17) is 4.74 Å². The number of carbonyl (C=O) groups excluding carboxylic acids is 1. The van der Waals surface area contributed by atoms with Crippen molar-refractivity contribution in [2.75, 3.05) is 19.7 Å². The van der Waals surface area contributed by atoms with Crippen molar-refractivity contribution in [2.45, 2.75) is 77.4 Å². The molecule has 1 N–H and O–H groups in total. The summed E-state index contributed by atoms with van der Waals surface area (Å²) < 4.78 is 5.35. The minimum atomic E-state index is -0.449. The monoisotopic (exact) mass is 296 g/mol. The highest BCUT2D eigenvalue weighted by Gasteiger charge is 2.48. The van der Waals surface area contributed by atoms with E-state index >= 15 is 0 Å². The van der Waals surface area contributed by atoms with Crippen LogP contribution in [-0.4, -0.2) is 48.2 Å². The summed E-state index contributed by atoms with van der Waals surface area (Å²) in [5, 5.41) is 3.44. The van der Waals surface area contributed by atoms with Gasteiger partial charge in [-0.3, -0.25) is 9.69 Å². The van der Waals surface area contributed by atoms with E-state index in [9.17, 15) is 4.79 Å². The lowest BCUT2D eigenvalue weighted by Crippen LogP contribution is -2.53. The second kappa shape index (κ2) is 7.10. The van der Waals surface area contributed by atoms with Gasteiger partial charge in [-0.1, -0.05) is 13.8 Å². The van der Waals surface area contributed by atoms with Crippen molar-refractivity contribution in [3.8, 4) is 0 Å². The molecule has 2 rings (SSSR count). The lowest BCUT2D eigenvalue weighted by atomic mass is 9.89. The maximum absolute atomic E-state index is 12.4. The first-order valence-electron chi connectivity index (χ1n) is 8.72. The van der Waals surface area contributed by atoms with E-state index in [0.717, 1.165) is 31.7 Å². The van der Waals surface area contributed by atoms with Crippen molar-refractivity contribution in [3.63, 3.8) is 0 Å². The van der Waals surface area contributed by atoms with E-state index in [2.05, 4.69) is 31.0 Å². The van der Waals surface area contributed by atoms with E-state index in [0.29, 0.717) is 18.7 Å². The number of likely N-dealkylation sites (N-methyl/N-ethyl adjacent to an activating group) is 1. The molecule has 122 valence electrons. The van der Waals surface area contributed by atoms with Crippen LogP contribution in [-0.2, 0) is 9.53 Å². The lowest BCUT2D eigenvalue weighted by Gasteiger charge is -2.42. The first-order chi connectivity index (χ1) is 10.0. The van der Waals surface area contributed by atoms with Gasteiger partial charge < -0.3 is 10.1 Å². The molecule has 1 heterocycles. The quantitative estimate of drug-likeness (QED) is 0.792. The van der Waals surface area contributed by atoms with Gasteiger partial charge in [0, 0.05) is 12.1 Å². The lowest BCUT2D eigenvalue weighted by molar-refractivity contribution is -0.151. The van der Waals surface area contributed by atoms with Gasteiger partial charge in [0.05, 0.1) is 6.61 Å². The zero-order valence-corrected chi connectivity index (χ0v) is 14.2. The number of likely N-dealkylation sites (tertiary alicyclic amines) is 1. The Bertz CT molecular complexity index is 361. The largest absolute Gasteiger partial charge is 0.465 e. The van der Waals surface area contributed by atoms with Crippen LogP contribution in [0.4, 0.5) is 0 Å². The summed E-state index contributed by atoms with van der Waals surface area (Å²) in [7, 11) is 0. The summed E-state index contributed by atoms with van der Waals surface area (Å²) in [5.74, 6) is 0.711. The Kier molecular flexibility index (Phi) is 5.67. The van der Waals surface area contributed by atoms with Crippen molar-refractivity contribution in [2.24, 2.45) is 5.92 Å². The molecular formula is C17H32N2O2. The third-order valence-electron chi connectivity index (χ3n) is 5.56. The average molecular weight is 296 g/mol. The molecule has 0 aromatic rings. The van der Waals surface area contributed by atoms with Gasteiger partial charge in [-0.2, -0.15) is 0 Å². The van der Waals surface area contributed by atoms with Crippen LogP contribution < -0.4 is 5.32 Å². The Hall–Kier alpha value is -0.610. The molecule has 1 aliphatic heterocycles. The van der Waals surface area contributed by atoms with Crippen LogP contribution in [0.1, 0.15) is 59.8 Å². The van der Waals surface area contributed by atoms with Crippen LogP contribution in [0, 0.1) is 5.92 Å². The topological polar surface area (TPSA) is 41.6 Å². The number of ether oxygens (including phenoxy) is 1. The van der Waals surface area contributed by atoms with Gasteiger partial charge in [0.25, 0.3) is 0 Å². The van der Waals surface area contributed by atoms with Crippen LogP contribution >= 0.6 is 0 Å². The molecule has 4 heteroatoms. The first-order valence-corrected chi connectivity index (χ1v) is 8.72. The molecule has 2 aliphatic rings. The SMILES string of the molecule is CCNC1(C(=O)OCC)CCC(N2CCCC(C)C2C)C1. The van der Waals surface area contributed by atoms with Crippen molar-refractivity contribution < 1.29 is 9.53 Å². The molecule has 21 heavy (non-hydrogen) atoms. The third kappa shape index (κ3) is 3.42. The highest BCUT2D eigenvalue weighted by Crippen LogP contribution is 2.37. The van der Waals surface area contributed by atoms with Crippen molar-refractivity contribution in [1.82, 2.24) is 10.2 Å². The van der Waals surface area contributed by atoms with Crippen LogP contribution in [0.15, 0.2) is 0 Å². The van der Waals surface area contributed by atoms with Crippen molar-refractivity contribution in [1.29, 1.82) is 0 Å². The summed E-state index contributed by atoms with van der Waals surface area (Å²) in [6.45, 7) is 11.1. The van der Waals surface area contributed by atoms with Gasteiger partial charge in [0.1, 0.15) is 5.54 Å². The van der Waals surface area contributed by atoms with Gasteiger partial charge in [-0.05, 0) is 65.0 Å². The van der Waals surface area contributed by atoms with Crippen molar-refractivity contribution in [3.05, 3.63) is 0 Å². The Morgan fingerprint density at radius 1 is 1.33 bits per heavy atom. The van der Waals surface area contributed by atoms with Gasteiger partial charge in [0.15, 0.2) is 0 Å². The third-order valence-corrected chi connectivity index (χ3v) is 5.56. The number of esters is 1. The number of nitrogens with zero attached hydrogens (tertiary/aromatic N) is 1. The molecule has 0 amide bonds. The summed E-state index contributed by atoms with van der Waals surface area (Å²) in [6, 6.07) is 1.15. The zero-order valence-electron chi connectivity index (χ0n) is 14.2. The number of piperidine rings is 1. The Morgan fingerprint density at radius 3 is 2.76 bits per heavy atom. The van der Waals surface area contributed by atoms with Gasteiger partial charge in [-0.25, -0.2) is 0 Å². The number of hydrogen-bond acceptors (Lipinski definition) is 4. The molecular weight excluding hydrogens is 264 g/mol. The van der Waals surface area contributed by atoms with E-state index in [1.165, 1.54) is 19.4 Å².